The Labute approximate surface area is 182 Å². The molecule has 30 heavy (non-hydrogen) atoms. The SMILES string of the molecule is CCc1nc2c(C(C)Nc3ccc(Cl)nc3C(=O)O)cc(C)cc2c2c(Cl)ncn12. The molecule has 3 aromatic heterocycles. The van der Waals surface area contributed by atoms with Crippen molar-refractivity contribution in [2.75, 3.05) is 5.32 Å². The molecular formula is C21H19Cl2N5O2. The predicted molar refractivity (Wildman–Crippen MR) is 118 cm³/mol. The number of fused-ring (bicyclic) bond motifs is 3. The molecule has 0 aliphatic rings. The Morgan fingerprint density at radius 2 is 2.03 bits per heavy atom. The number of rotatable bonds is 5. The van der Waals surface area contributed by atoms with Crippen molar-refractivity contribution < 1.29 is 9.90 Å². The van der Waals surface area contributed by atoms with E-state index >= 15 is 0 Å². The molecule has 0 aliphatic heterocycles. The average Bonchev–Trinajstić information content (AvgIpc) is 3.10. The Morgan fingerprint density at radius 3 is 2.73 bits per heavy atom. The minimum Gasteiger partial charge on any atom is -0.476 e. The lowest BCUT2D eigenvalue weighted by molar-refractivity contribution is 0.0691. The van der Waals surface area contributed by atoms with Crippen LogP contribution in [0.2, 0.25) is 10.3 Å². The molecule has 3 heterocycles. The molecule has 7 nitrogen and oxygen atoms in total. The van der Waals surface area contributed by atoms with E-state index in [4.69, 9.17) is 28.2 Å². The number of halogens is 2. The number of carbonyl (C=O) groups is 1. The van der Waals surface area contributed by atoms with E-state index in [1.165, 1.54) is 0 Å². The molecule has 1 atom stereocenters. The highest BCUT2D eigenvalue weighted by Crippen LogP contribution is 2.33. The van der Waals surface area contributed by atoms with Crippen molar-refractivity contribution >= 4 is 51.3 Å². The number of hydrogen-bond acceptors (Lipinski definition) is 5. The number of aromatic nitrogens is 4. The maximum Gasteiger partial charge on any atom is 0.356 e. The van der Waals surface area contributed by atoms with Crippen LogP contribution in [0.1, 0.15) is 47.3 Å². The topological polar surface area (TPSA) is 92.4 Å². The number of pyridine rings is 1. The van der Waals surface area contributed by atoms with Gasteiger partial charge in [-0.2, -0.15) is 0 Å². The van der Waals surface area contributed by atoms with Crippen LogP contribution in [-0.2, 0) is 6.42 Å². The molecule has 0 fully saturated rings. The van der Waals surface area contributed by atoms with Gasteiger partial charge in [-0.25, -0.2) is 19.7 Å². The zero-order chi connectivity index (χ0) is 21.6. The Hall–Kier alpha value is -2.90. The summed E-state index contributed by atoms with van der Waals surface area (Å²) in [7, 11) is 0. The summed E-state index contributed by atoms with van der Waals surface area (Å²) < 4.78 is 1.91. The van der Waals surface area contributed by atoms with Crippen molar-refractivity contribution in [2.45, 2.75) is 33.2 Å². The minimum atomic E-state index is -1.15. The first-order valence-electron chi connectivity index (χ1n) is 9.42. The van der Waals surface area contributed by atoms with Crippen molar-refractivity contribution in [1.29, 1.82) is 0 Å². The molecule has 0 saturated heterocycles. The standard InChI is InChI=1S/C21H19Cl2N5O2/c1-4-16-27-17-12(7-10(2)8-13(17)19-20(23)24-9-28(16)19)11(3)25-14-5-6-15(22)26-18(14)21(29)30/h5-9,11,25H,4H2,1-3H3,(H,29,30). The first kappa shape index (κ1) is 20.4. The van der Waals surface area contributed by atoms with Crippen molar-refractivity contribution in [3.05, 3.63) is 63.5 Å². The van der Waals surface area contributed by atoms with E-state index in [-0.39, 0.29) is 16.9 Å². The van der Waals surface area contributed by atoms with E-state index in [0.29, 0.717) is 17.3 Å². The van der Waals surface area contributed by atoms with Crippen LogP contribution >= 0.6 is 23.2 Å². The number of hydrogen-bond donors (Lipinski definition) is 2. The zero-order valence-corrected chi connectivity index (χ0v) is 18.1. The molecule has 4 aromatic rings. The molecule has 154 valence electrons. The van der Waals surface area contributed by atoms with E-state index in [0.717, 1.165) is 33.4 Å². The maximum absolute atomic E-state index is 11.6. The highest BCUT2D eigenvalue weighted by molar-refractivity contribution is 6.34. The first-order chi connectivity index (χ1) is 14.3. The van der Waals surface area contributed by atoms with Gasteiger partial charge in [0.15, 0.2) is 10.8 Å². The van der Waals surface area contributed by atoms with Crippen molar-refractivity contribution in [3.63, 3.8) is 0 Å². The summed E-state index contributed by atoms with van der Waals surface area (Å²) in [6.07, 6.45) is 2.39. The Balaban J connectivity index is 1.90. The molecular weight excluding hydrogens is 425 g/mol. The summed E-state index contributed by atoms with van der Waals surface area (Å²) in [4.78, 5) is 24.7. The lowest BCUT2D eigenvalue weighted by Gasteiger charge is -2.20. The predicted octanol–water partition coefficient (Wildman–Crippen LogP) is 5.33. The number of aryl methyl sites for hydroxylation is 2. The minimum absolute atomic E-state index is 0.124. The lowest BCUT2D eigenvalue weighted by Crippen LogP contribution is -2.13. The van der Waals surface area contributed by atoms with Gasteiger partial charge in [-0.1, -0.05) is 36.2 Å². The van der Waals surface area contributed by atoms with Crippen LogP contribution in [0.25, 0.3) is 16.4 Å². The third kappa shape index (κ3) is 3.44. The van der Waals surface area contributed by atoms with Crippen LogP contribution in [0.3, 0.4) is 0 Å². The molecule has 0 spiro atoms. The summed E-state index contributed by atoms with van der Waals surface area (Å²) in [5.74, 6) is -0.311. The maximum atomic E-state index is 11.6. The summed E-state index contributed by atoms with van der Waals surface area (Å²) in [6.45, 7) is 5.97. The number of aromatic carboxylic acids is 1. The van der Waals surface area contributed by atoms with Gasteiger partial charge < -0.3 is 10.4 Å². The molecule has 0 aliphatic carbocycles. The zero-order valence-electron chi connectivity index (χ0n) is 16.6. The van der Waals surface area contributed by atoms with Gasteiger partial charge in [0.1, 0.15) is 17.3 Å². The molecule has 0 amide bonds. The Morgan fingerprint density at radius 1 is 1.27 bits per heavy atom. The first-order valence-corrected chi connectivity index (χ1v) is 10.2. The van der Waals surface area contributed by atoms with Crippen LogP contribution in [-0.4, -0.2) is 30.4 Å². The largest absolute Gasteiger partial charge is 0.476 e. The van der Waals surface area contributed by atoms with Gasteiger partial charge in [0.2, 0.25) is 0 Å². The summed E-state index contributed by atoms with van der Waals surface area (Å²) in [5, 5.41) is 14.2. The third-order valence-corrected chi connectivity index (χ3v) is 5.49. The second-order valence-electron chi connectivity index (χ2n) is 7.09. The molecule has 2 N–H and O–H groups in total. The second kappa shape index (κ2) is 7.74. The molecule has 1 aromatic carbocycles. The molecule has 0 radical (unpaired) electrons. The third-order valence-electron chi connectivity index (χ3n) is 5.00. The van der Waals surface area contributed by atoms with Crippen LogP contribution in [0, 0.1) is 6.92 Å². The number of nitrogens with one attached hydrogen (secondary N) is 1. The summed E-state index contributed by atoms with van der Waals surface area (Å²) in [6, 6.07) is 6.99. The van der Waals surface area contributed by atoms with Crippen LogP contribution in [0.5, 0.6) is 0 Å². The van der Waals surface area contributed by atoms with Gasteiger partial charge in [0.25, 0.3) is 0 Å². The van der Waals surface area contributed by atoms with Gasteiger partial charge in [0.05, 0.1) is 22.8 Å². The van der Waals surface area contributed by atoms with E-state index in [1.54, 1.807) is 18.5 Å². The summed E-state index contributed by atoms with van der Waals surface area (Å²) in [5.41, 5.74) is 3.82. The number of carboxylic acids is 1. The fourth-order valence-corrected chi connectivity index (χ4v) is 4.05. The van der Waals surface area contributed by atoms with E-state index in [9.17, 15) is 9.90 Å². The van der Waals surface area contributed by atoms with Gasteiger partial charge in [-0.3, -0.25) is 4.40 Å². The smallest absolute Gasteiger partial charge is 0.356 e. The number of anilines is 1. The monoisotopic (exact) mass is 443 g/mol. The van der Waals surface area contributed by atoms with E-state index in [1.807, 2.05) is 37.3 Å². The van der Waals surface area contributed by atoms with Gasteiger partial charge >= 0.3 is 5.97 Å². The van der Waals surface area contributed by atoms with Crippen molar-refractivity contribution in [1.82, 2.24) is 19.4 Å². The van der Waals surface area contributed by atoms with Gasteiger partial charge in [0, 0.05) is 17.4 Å². The molecule has 1 unspecified atom stereocenters. The summed E-state index contributed by atoms with van der Waals surface area (Å²) >= 11 is 12.3. The second-order valence-corrected chi connectivity index (χ2v) is 7.83. The molecule has 9 heteroatoms. The molecule has 0 saturated carbocycles. The van der Waals surface area contributed by atoms with E-state index in [2.05, 4.69) is 15.3 Å². The van der Waals surface area contributed by atoms with Crippen molar-refractivity contribution in [3.8, 4) is 0 Å². The van der Waals surface area contributed by atoms with Crippen molar-refractivity contribution in [2.24, 2.45) is 0 Å². The fraction of sp³-hybridized carbons (Fsp3) is 0.238. The number of nitrogens with zero attached hydrogens (tertiary/aromatic N) is 4. The highest BCUT2D eigenvalue weighted by Gasteiger charge is 2.20. The number of imidazole rings is 1. The molecule has 0 bridgehead atoms. The highest BCUT2D eigenvalue weighted by atomic mass is 35.5. The van der Waals surface area contributed by atoms with Crippen LogP contribution < -0.4 is 5.32 Å². The van der Waals surface area contributed by atoms with Crippen LogP contribution in [0.15, 0.2) is 30.6 Å². The Bertz CT molecular complexity index is 1300. The quantitative estimate of drug-likeness (QED) is 0.405. The molecule has 4 rings (SSSR count). The number of carboxylic acid groups (broad SMARTS) is 1. The van der Waals surface area contributed by atoms with Gasteiger partial charge in [-0.15, -0.1) is 0 Å². The van der Waals surface area contributed by atoms with E-state index < -0.39 is 5.97 Å². The van der Waals surface area contributed by atoms with Crippen LogP contribution in [0.4, 0.5) is 5.69 Å². The van der Waals surface area contributed by atoms with Gasteiger partial charge in [-0.05, 0) is 37.6 Å². The lowest BCUT2D eigenvalue weighted by atomic mass is 10.00. The number of benzene rings is 1. The average molecular weight is 444 g/mol. The fourth-order valence-electron chi connectivity index (χ4n) is 3.66. The normalized spacial score (nSPS) is 12.4. The Kier molecular flexibility index (Phi) is 5.26.